The summed E-state index contributed by atoms with van der Waals surface area (Å²) in [6.45, 7) is 0. The molecule has 0 radical (unpaired) electrons. The van der Waals surface area contributed by atoms with Gasteiger partial charge in [0.05, 0.1) is 0 Å². The number of anilines is 1. The zero-order valence-corrected chi connectivity index (χ0v) is 7.55. The number of hydrogen-bond donors (Lipinski definition) is 3. The lowest BCUT2D eigenvalue weighted by molar-refractivity contribution is 1.08. The standard InChI is InChI=1S/C6H4N6OS/c7-1-14-6-9-2-3(11-6)10-5(8)12-4(2)13/h(H4,8,9,10,11,12,13). The topological polar surface area (TPSA) is 124 Å². The number of nitrogen functional groups attached to an aromatic ring is 1. The van der Waals surface area contributed by atoms with Crippen molar-refractivity contribution in [2.45, 2.75) is 5.16 Å². The van der Waals surface area contributed by atoms with Crippen LogP contribution in [0.25, 0.3) is 11.2 Å². The molecule has 0 aliphatic heterocycles. The molecule has 0 aromatic carbocycles. The van der Waals surface area contributed by atoms with E-state index < -0.39 is 5.56 Å². The second kappa shape index (κ2) is 3.04. The number of nitrogens with zero attached hydrogens (tertiary/aromatic N) is 3. The minimum absolute atomic E-state index is 0.00232. The van der Waals surface area contributed by atoms with Crippen LogP contribution in [0.2, 0.25) is 0 Å². The second-order valence-corrected chi connectivity index (χ2v) is 3.16. The third-order valence-corrected chi connectivity index (χ3v) is 1.98. The molecule has 0 bridgehead atoms. The summed E-state index contributed by atoms with van der Waals surface area (Å²) in [5, 5.41) is 10.5. The summed E-state index contributed by atoms with van der Waals surface area (Å²) in [5.74, 6) is 0.00232. The fraction of sp³-hybridized carbons (Fsp3) is 0. The summed E-state index contributed by atoms with van der Waals surface area (Å²) in [6, 6.07) is 0. The van der Waals surface area contributed by atoms with Crippen LogP contribution in [0.4, 0.5) is 5.95 Å². The zero-order valence-electron chi connectivity index (χ0n) is 6.74. The van der Waals surface area contributed by atoms with Crippen LogP contribution < -0.4 is 11.3 Å². The largest absolute Gasteiger partial charge is 0.369 e. The van der Waals surface area contributed by atoms with E-state index in [0.717, 1.165) is 11.8 Å². The Morgan fingerprint density at radius 3 is 2.93 bits per heavy atom. The average Bonchev–Trinajstić information content (AvgIpc) is 2.48. The van der Waals surface area contributed by atoms with Gasteiger partial charge < -0.3 is 10.7 Å². The van der Waals surface area contributed by atoms with E-state index in [4.69, 9.17) is 11.0 Å². The monoisotopic (exact) mass is 208 g/mol. The van der Waals surface area contributed by atoms with Gasteiger partial charge in [-0.1, -0.05) is 0 Å². The first-order valence-corrected chi connectivity index (χ1v) is 4.34. The number of thioether (sulfide) groups is 1. The Morgan fingerprint density at radius 2 is 2.21 bits per heavy atom. The first kappa shape index (κ1) is 8.58. The Bertz CT molecular complexity index is 578. The number of hydrogen-bond acceptors (Lipinski definition) is 6. The lowest BCUT2D eigenvalue weighted by Crippen LogP contribution is -2.10. The minimum atomic E-state index is -0.398. The van der Waals surface area contributed by atoms with Gasteiger partial charge in [0.15, 0.2) is 16.3 Å². The van der Waals surface area contributed by atoms with Gasteiger partial charge >= 0.3 is 0 Å². The number of aromatic amines is 2. The van der Waals surface area contributed by atoms with Gasteiger partial charge in [0, 0.05) is 11.8 Å². The van der Waals surface area contributed by atoms with Crippen LogP contribution in [0.3, 0.4) is 0 Å². The fourth-order valence-corrected chi connectivity index (χ4v) is 1.37. The van der Waals surface area contributed by atoms with E-state index in [1.807, 2.05) is 5.40 Å². The SMILES string of the molecule is N#CSc1nc2nc(N)[nH]c(=O)c2[nH]1. The van der Waals surface area contributed by atoms with Crippen molar-refractivity contribution in [3.8, 4) is 5.40 Å². The molecule has 0 aliphatic rings. The van der Waals surface area contributed by atoms with E-state index in [1.54, 1.807) is 0 Å². The molecule has 0 atom stereocenters. The number of nitrogens with two attached hydrogens (primary N) is 1. The van der Waals surface area contributed by atoms with Crippen LogP contribution in [0.5, 0.6) is 0 Å². The van der Waals surface area contributed by atoms with Crippen LogP contribution in [-0.4, -0.2) is 19.9 Å². The quantitative estimate of drug-likeness (QED) is 0.440. The summed E-state index contributed by atoms with van der Waals surface area (Å²) < 4.78 is 0. The van der Waals surface area contributed by atoms with Crippen molar-refractivity contribution in [3.63, 3.8) is 0 Å². The maximum Gasteiger partial charge on any atom is 0.278 e. The first-order valence-electron chi connectivity index (χ1n) is 3.52. The summed E-state index contributed by atoms with van der Waals surface area (Å²) in [4.78, 5) is 23.9. The van der Waals surface area contributed by atoms with Gasteiger partial charge in [0.1, 0.15) is 5.40 Å². The number of fused-ring (bicyclic) bond motifs is 1. The molecule has 2 heterocycles. The normalized spacial score (nSPS) is 10.2. The van der Waals surface area contributed by atoms with Crippen molar-refractivity contribution in [2.75, 3.05) is 5.73 Å². The average molecular weight is 208 g/mol. The molecular weight excluding hydrogens is 204 g/mol. The van der Waals surface area contributed by atoms with Gasteiger partial charge in [-0.3, -0.25) is 9.78 Å². The molecule has 4 N–H and O–H groups in total. The Morgan fingerprint density at radius 1 is 1.43 bits per heavy atom. The van der Waals surface area contributed by atoms with E-state index in [2.05, 4.69) is 19.9 Å². The van der Waals surface area contributed by atoms with Crippen molar-refractivity contribution in [1.29, 1.82) is 5.26 Å². The Kier molecular flexibility index (Phi) is 1.86. The van der Waals surface area contributed by atoms with Crippen molar-refractivity contribution >= 4 is 28.9 Å². The molecule has 0 amide bonds. The van der Waals surface area contributed by atoms with E-state index >= 15 is 0 Å². The molecule has 2 rings (SSSR count). The Labute approximate surface area is 81.4 Å². The van der Waals surface area contributed by atoms with Gasteiger partial charge in [-0.25, -0.2) is 4.98 Å². The van der Waals surface area contributed by atoms with Crippen LogP contribution in [0.1, 0.15) is 0 Å². The van der Waals surface area contributed by atoms with Crippen LogP contribution in [0.15, 0.2) is 9.95 Å². The van der Waals surface area contributed by atoms with Gasteiger partial charge in [-0.2, -0.15) is 10.2 Å². The van der Waals surface area contributed by atoms with E-state index in [1.165, 1.54) is 0 Å². The van der Waals surface area contributed by atoms with E-state index in [9.17, 15) is 4.79 Å². The highest BCUT2D eigenvalue weighted by Crippen LogP contribution is 2.14. The maximum atomic E-state index is 11.3. The van der Waals surface area contributed by atoms with Crippen LogP contribution in [0, 0.1) is 10.7 Å². The molecular formula is C6H4N6OS. The summed E-state index contributed by atoms with van der Waals surface area (Å²) in [7, 11) is 0. The summed E-state index contributed by atoms with van der Waals surface area (Å²) >= 11 is 0.821. The highest BCUT2D eigenvalue weighted by atomic mass is 32.2. The van der Waals surface area contributed by atoms with Crippen molar-refractivity contribution in [3.05, 3.63) is 10.4 Å². The predicted octanol–water partition coefficient (Wildman–Crippen LogP) is -0.198. The molecule has 14 heavy (non-hydrogen) atoms. The van der Waals surface area contributed by atoms with E-state index in [0.29, 0.717) is 5.16 Å². The molecule has 7 nitrogen and oxygen atoms in total. The molecule has 0 aliphatic carbocycles. The van der Waals surface area contributed by atoms with Gasteiger partial charge in [0.2, 0.25) is 5.95 Å². The van der Waals surface area contributed by atoms with Crippen LogP contribution in [-0.2, 0) is 0 Å². The molecule has 0 saturated carbocycles. The lowest BCUT2D eigenvalue weighted by atomic mass is 10.5. The number of imidazole rings is 1. The van der Waals surface area contributed by atoms with Crippen molar-refractivity contribution in [2.24, 2.45) is 0 Å². The number of nitrogens with one attached hydrogen (secondary N) is 2. The molecule has 2 aromatic heterocycles. The van der Waals surface area contributed by atoms with Crippen molar-refractivity contribution < 1.29 is 0 Å². The van der Waals surface area contributed by atoms with E-state index in [-0.39, 0.29) is 17.1 Å². The second-order valence-electron chi connectivity index (χ2n) is 2.39. The third-order valence-electron chi connectivity index (χ3n) is 1.50. The Balaban J connectivity index is 2.72. The molecule has 8 heteroatoms. The number of nitriles is 1. The minimum Gasteiger partial charge on any atom is -0.369 e. The third kappa shape index (κ3) is 1.29. The van der Waals surface area contributed by atoms with Gasteiger partial charge in [0.25, 0.3) is 5.56 Å². The smallest absolute Gasteiger partial charge is 0.278 e. The molecule has 0 spiro atoms. The highest BCUT2D eigenvalue weighted by molar-refractivity contribution is 8.03. The van der Waals surface area contributed by atoms with Gasteiger partial charge in [-0.15, -0.1) is 0 Å². The van der Waals surface area contributed by atoms with Crippen LogP contribution >= 0.6 is 11.8 Å². The molecule has 2 aromatic rings. The predicted molar refractivity (Wildman–Crippen MR) is 50.4 cm³/mol. The fourth-order valence-electron chi connectivity index (χ4n) is 0.995. The summed E-state index contributed by atoms with van der Waals surface area (Å²) in [5.41, 5.74) is 5.35. The lowest BCUT2D eigenvalue weighted by Gasteiger charge is -1.89. The molecule has 0 saturated heterocycles. The Hall–Kier alpha value is -2.01. The molecule has 0 fully saturated rings. The number of aromatic nitrogens is 4. The first-order chi connectivity index (χ1) is 6.70. The molecule has 0 unspecified atom stereocenters. The summed E-state index contributed by atoms with van der Waals surface area (Å²) in [6.07, 6.45) is 0. The maximum absolute atomic E-state index is 11.3. The zero-order chi connectivity index (χ0) is 10.1. The number of rotatable bonds is 1. The number of thiocyanates is 1. The molecule has 70 valence electrons. The number of H-pyrrole nitrogens is 2. The highest BCUT2D eigenvalue weighted by Gasteiger charge is 2.08. The van der Waals surface area contributed by atoms with Crippen molar-refractivity contribution in [1.82, 2.24) is 19.9 Å². The van der Waals surface area contributed by atoms with Gasteiger partial charge in [-0.05, 0) is 0 Å².